The highest BCUT2D eigenvalue weighted by Crippen LogP contribution is 2.22. The summed E-state index contributed by atoms with van der Waals surface area (Å²) in [6.45, 7) is -0.220. The minimum Gasteiger partial charge on any atom is -0.482 e. The standard InChI is InChI=1S/C23H22ClNO4S/c24-19-10-4-5-11-22(19)29-14-23(27)25-20(13-17-7-2-1-3-8-17)21(26)16-30-15-18-9-6-12-28-18/h1-12,20H,13-16H2,(H,25,27)/t20-/m0/s1. The normalized spacial score (nSPS) is 11.6. The molecule has 0 radical (unpaired) electrons. The Kier molecular flexibility index (Phi) is 8.41. The van der Waals surface area contributed by atoms with Crippen LogP contribution < -0.4 is 10.1 Å². The van der Waals surface area contributed by atoms with Crippen LogP contribution in [0.5, 0.6) is 5.75 Å². The van der Waals surface area contributed by atoms with E-state index in [0.717, 1.165) is 11.3 Å². The predicted octanol–water partition coefficient (Wildman–Crippen LogP) is 4.54. The topological polar surface area (TPSA) is 68.5 Å². The average molecular weight is 444 g/mol. The summed E-state index contributed by atoms with van der Waals surface area (Å²) in [4.78, 5) is 25.3. The van der Waals surface area contributed by atoms with Crippen LogP contribution in [0.25, 0.3) is 0 Å². The van der Waals surface area contributed by atoms with Gasteiger partial charge in [0.15, 0.2) is 12.4 Å². The molecule has 1 aromatic heterocycles. The van der Waals surface area contributed by atoms with Gasteiger partial charge in [-0.15, -0.1) is 11.8 Å². The van der Waals surface area contributed by atoms with Crippen molar-refractivity contribution in [2.75, 3.05) is 12.4 Å². The van der Waals surface area contributed by atoms with Crippen molar-refractivity contribution in [2.45, 2.75) is 18.2 Å². The third-order valence-corrected chi connectivity index (χ3v) is 5.56. The number of furan rings is 1. The lowest BCUT2D eigenvalue weighted by atomic mass is 10.0. The lowest BCUT2D eigenvalue weighted by Gasteiger charge is -2.18. The van der Waals surface area contributed by atoms with Gasteiger partial charge in [-0.1, -0.05) is 54.1 Å². The molecule has 0 aliphatic rings. The number of benzene rings is 2. The second-order valence-corrected chi connectivity index (χ2v) is 7.96. The van der Waals surface area contributed by atoms with Crippen LogP contribution in [-0.2, 0) is 21.8 Å². The van der Waals surface area contributed by atoms with Gasteiger partial charge >= 0.3 is 0 Å². The fourth-order valence-corrected chi connectivity index (χ4v) is 3.84. The van der Waals surface area contributed by atoms with E-state index in [1.165, 1.54) is 11.8 Å². The lowest BCUT2D eigenvalue weighted by molar-refractivity contribution is -0.128. The first-order chi connectivity index (χ1) is 14.6. The summed E-state index contributed by atoms with van der Waals surface area (Å²) in [6, 6.07) is 19.6. The van der Waals surface area contributed by atoms with Gasteiger partial charge in [0.05, 0.1) is 28.8 Å². The van der Waals surface area contributed by atoms with Gasteiger partial charge in [0.2, 0.25) is 0 Å². The average Bonchev–Trinajstić information content (AvgIpc) is 3.27. The minimum atomic E-state index is -0.640. The van der Waals surface area contributed by atoms with Crippen molar-refractivity contribution in [3.05, 3.63) is 89.3 Å². The number of thioether (sulfide) groups is 1. The number of carbonyl (C=O) groups excluding carboxylic acids is 2. The second-order valence-electron chi connectivity index (χ2n) is 6.57. The molecular formula is C23H22ClNO4S. The number of ketones is 1. The maximum absolute atomic E-state index is 12.8. The number of ether oxygens (including phenoxy) is 1. The van der Waals surface area contributed by atoms with Gasteiger partial charge in [-0.2, -0.15) is 0 Å². The summed E-state index contributed by atoms with van der Waals surface area (Å²) in [5.74, 6) is 1.67. The van der Waals surface area contributed by atoms with E-state index in [9.17, 15) is 9.59 Å². The number of carbonyl (C=O) groups is 2. The van der Waals surface area contributed by atoms with Gasteiger partial charge in [0, 0.05) is 0 Å². The van der Waals surface area contributed by atoms with Crippen LogP contribution in [0.3, 0.4) is 0 Å². The van der Waals surface area contributed by atoms with Gasteiger partial charge in [-0.3, -0.25) is 9.59 Å². The van der Waals surface area contributed by atoms with Gasteiger partial charge in [0.1, 0.15) is 11.5 Å². The number of halogens is 1. The van der Waals surface area contributed by atoms with E-state index >= 15 is 0 Å². The van der Waals surface area contributed by atoms with E-state index in [-0.39, 0.29) is 24.1 Å². The van der Waals surface area contributed by atoms with Crippen molar-refractivity contribution >= 4 is 35.1 Å². The van der Waals surface area contributed by atoms with Crippen LogP contribution in [0.4, 0.5) is 0 Å². The first-order valence-electron chi connectivity index (χ1n) is 9.45. The van der Waals surface area contributed by atoms with Crippen molar-refractivity contribution in [3.8, 4) is 5.75 Å². The molecule has 0 bridgehead atoms. The zero-order chi connectivity index (χ0) is 21.2. The Morgan fingerprint density at radius 3 is 2.53 bits per heavy atom. The van der Waals surface area contributed by atoms with E-state index in [2.05, 4.69) is 5.32 Å². The van der Waals surface area contributed by atoms with Crippen molar-refractivity contribution in [2.24, 2.45) is 0 Å². The summed E-state index contributed by atoms with van der Waals surface area (Å²) in [7, 11) is 0. The molecule has 0 unspecified atom stereocenters. The third-order valence-electron chi connectivity index (χ3n) is 4.27. The maximum atomic E-state index is 12.8. The van der Waals surface area contributed by atoms with E-state index in [1.807, 2.05) is 42.5 Å². The van der Waals surface area contributed by atoms with Crippen LogP contribution in [-0.4, -0.2) is 30.1 Å². The van der Waals surface area contributed by atoms with E-state index in [1.54, 1.807) is 30.5 Å². The molecule has 0 saturated carbocycles. The van der Waals surface area contributed by atoms with Gasteiger partial charge in [-0.25, -0.2) is 0 Å². The molecule has 1 amide bonds. The molecule has 0 spiro atoms. The highest BCUT2D eigenvalue weighted by atomic mass is 35.5. The largest absolute Gasteiger partial charge is 0.482 e. The molecule has 0 aliphatic carbocycles. The fraction of sp³-hybridized carbons (Fsp3) is 0.217. The predicted molar refractivity (Wildman–Crippen MR) is 119 cm³/mol. The molecule has 1 N–H and O–H groups in total. The third kappa shape index (κ3) is 6.97. The van der Waals surface area contributed by atoms with E-state index in [0.29, 0.717) is 22.9 Å². The number of nitrogens with one attached hydrogen (secondary N) is 1. The molecule has 5 nitrogen and oxygen atoms in total. The monoisotopic (exact) mass is 443 g/mol. The van der Waals surface area contributed by atoms with Crippen molar-refractivity contribution < 1.29 is 18.7 Å². The SMILES string of the molecule is O=C(COc1ccccc1Cl)N[C@@H](Cc1ccccc1)C(=O)CSCc1ccco1. The molecule has 0 aliphatic heterocycles. The summed E-state index contributed by atoms with van der Waals surface area (Å²) in [6.07, 6.45) is 2.02. The summed E-state index contributed by atoms with van der Waals surface area (Å²) in [5.41, 5.74) is 0.971. The molecule has 3 rings (SSSR count). The smallest absolute Gasteiger partial charge is 0.258 e. The first kappa shape index (κ1) is 22.0. The van der Waals surface area contributed by atoms with Crippen molar-refractivity contribution in [3.63, 3.8) is 0 Å². The molecular weight excluding hydrogens is 422 g/mol. The molecule has 0 saturated heterocycles. The van der Waals surface area contributed by atoms with E-state index < -0.39 is 6.04 Å². The lowest BCUT2D eigenvalue weighted by Crippen LogP contribution is -2.45. The fourth-order valence-electron chi connectivity index (χ4n) is 2.78. The van der Waals surface area contributed by atoms with Gasteiger partial charge < -0.3 is 14.5 Å². The number of Topliss-reactive ketones (excluding diaryl/α,β-unsaturated/α-hetero) is 1. The number of hydrogen-bond acceptors (Lipinski definition) is 5. The van der Waals surface area contributed by atoms with Crippen LogP contribution in [0.1, 0.15) is 11.3 Å². The second kappa shape index (κ2) is 11.5. The Hall–Kier alpha value is -2.70. The Morgan fingerprint density at radius 2 is 1.80 bits per heavy atom. The molecule has 2 aromatic carbocycles. The zero-order valence-electron chi connectivity index (χ0n) is 16.3. The van der Waals surface area contributed by atoms with Gasteiger partial charge in [0.25, 0.3) is 5.91 Å². The van der Waals surface area contributed by atoms with Gasteiger partial charge in [-0.05, 0) is 36.2 Å². The van der Waals surface area contributed by atoms with Crippen LogP contribution in [0, 0.1) is 0 Å². The zero-order valence-corrected chi connectivity index (χ0v) is 17.8. The van der Waals surface area contributed by atoms with Crippen molar-refractivity contribution in [1.29, 1.82) is 0 Å². The summed E-state index contributed by atoms with van der Waals surface area (Å²) < 4.78 is 10.8. The summed E-state index contributed by atoms with van der Waals surface area (Å²) >= 11 is 7.50. The summed E-state index contributed by atoms with van der Waals surface area (Å²) in [5, 5.41) is 3.23. The molecule has 30 heavy (non-hydrogen) atoms. The molecule has 1 heterocycles. The number of para-hydroxylation sites is 1. The molecule has 0 fully saturated rings. The van der Waals surface area contributed by atoms with Crippen molar-refractivity contribution in [1.82, 2.24) is 5.32 Å². The maximum Gasteiger partial charge on any atom is 0.258 e. The van der Waals surface area contributed by atoms with Crippen LogP contribution in [0.2, 0.25) is 5.02 Å². The van der Waals surface area contributed by atoms with Crippen LogP contribution >= 0.6 is 23.4 Å². The highest BCUT2D eigenvalue weighted by Gasteiger charge is 2.21. The quantitative estimate of drug-likeness (QED) is 0.471. The first-order valence-corrected chi connectivity index (χ1v) is 11.0. The highest BCUT2D eigenvalue weighted by molar-refractivity contribution is 7.99. The molecule has 3 aromatic rings. The Morgan fingerprint density at radius 1 is 1.03 bits per heavy atom. The Balaban J connectivity index is 1.57. The molecule has 1 atom stereocenters. The Bertz CT molecular complexity index is 947. The minimum absolute atomic E-state index is 0.0542. The molecule has 7 heteroatoms. The Labute approximate surface area is 184 Å². The van der Waals surface area contributed by atoms with E-state index in [4.69, 9.17) is 20.8 Å². The molecule has 156 valence electrons. The number of rotatable bonds is 11. The number of amides is 1. The number of hydrogen-bond donors (Lipinski definition) is 1. The van der Waals surface area contributed by atoms with Crippen LogP contribution in [0.15, 0.2) is 77.4 Å².